The molecule has 1 aromatic heterocycles. The van der Waals surface area contributed by atoms with E-state index >= 15 is 0 Å². The predicted octanol–water partition coefficient (Wildman–Crippen LogP) is -4.82. The number of primary amides is 1. The van der Waals surface area contributed by atoms with Crippen LogP contribution in [0, 0.1) is 23.7 Å². The number of anilines is 1. The Hall–Kier alpha value is -10.5. The van der Waals surface area contributed by atoms with Crippen molar-refractivity contribution >= 4 is 124 Å². The van der Waals surface area contributed by atoms with Gasteiger partial charge in [0, 0.05) is 78.2 Å². The maximum absolute atomic E-state index is 14.7. The number of Topliss-reactive ketones (excluding diaryl/α,β-unsaturated/α-hetero) is 4. The predicted molar refractivity (Wildman–Crippen MR) is 357 cm³/mol. The van der Waals surface area contributed by atoms with Crippen LogP contribution in [0.2, 0.25) is 6.82 Å². The van der Waals surface area contributed by atoms with Crippen LogP contribution >= 0.6 is 0 Å². The van der Waals surface area contributed by atoms with Crippen LogP contribution in [0.3, 0.4) is 0 Å². The number of hydrogen-bond acceptors (Lipinski definition) is 23. The fourth-order valence-electron chi connectivity index (χ4n) is 10.6. The van der Waals surface area contributed by atoms with Crippen molar-refractivity contribution in [3.8, 4) is 0 Å². The van der Waals surface area contributed by atoms with Crippen LogP contribution in [0.15, 0.2) is 54.7 Å². The summed E-state index contributed by atoms with van der Waals surface area (Å²) in [5.41, 5.74) is 18.9. The second-order valence-corrected chi connectivity index (χ2v) is 24.8. The molecule has 1 fully saturated rings. The minimum atomic E-state index is -2.15. The zero-order chi connectivity index (χ0) is 75.5. The summed E-state index contributed by atoms with van der Waals surface area (Å²) >= 11 is 0. The molecule has 0 bridgehead atoms. The summed E-state index contributed by atoms with van der Waals surface area (Å²) in [5.74, 6) is -25.6. The van der Waals surface area contributed by atoms with Crippen molar-refractivity contribution in [3.05, 3.63) is 65.9 Å². The van der Waals surface area contributed by atoms with Crippen LogP contribution in [0.25, 0.3) is 10.9 Å². The number of aromatic amines is 1. The molecule has 0 unspecified atom stereocenters. The van der Waals surface area contributed by atoms with E-state index in [1.54, 1.807) is 30.5 Å². The number of hydrogen-bond donors (Lipinski definition) is 18. The summed E-state index contributed by atoms with van der Waals surface area (Å²) < 4.78 is 5.73. The molecule has 36 nitrogen and oxygen atoms in total. The minimum Gasteiger partial charge on any atom is -0.481 e. The van der Waals surface area contributed by atoms with E-state index in [2.05, 4.69) is 58.1 Å². The van der Waals surface area contributed by atoms with Crippen molar-refractivity contribution in [3.63, 3.8) is 0 Å². The zero-order valence-corrected chi connectivity index (χ0v) is 56.5. The van der Waals surface area contributed by atoms with Gasteiger partial charge in [0.15, 0.2) is 23.1 Å². The first kappa shape index (κ1) is 82.9. The maximum atomic E-state index is 14.7. The summed E-state index contributed by atoms with van der Waals surface area (Å²) in [6.45, 7) is 4.11. The Labute approximate surface area is 579 Å². The summed E-state index contributed by atoms with van der Waals surface area (Å²) in [5, 5.41) is 63.8. The second-order valence-electron chi connectivity index (χ2n) is 24.8. The fourth-order valence-corrected chi connectivity index (χ4v) is 10.6. The Balaban J connectivity index is 1.81. The van der Waals surface area contributed by atoms with E-state index in [1.807, 2.05) is 0 Å². The quantitative estimate of drug-likeness (QED) is 0.0124. The third kappa shape index (κ3) is 26.9. The highest BCUT2D eigenvalue weighted by Crippen LogP contribution is 2.24. The molecule has 0 spiro atoms. The number of cyclic esters (lactones) is 1. The van der Waals surface area contributed by atoms with Crippen molar-refractivity contribution in [1.82, 2.24) is 58.1 Å². The first-order valence-corrected chi connectivity index (χ1v) is 32.4. The van der Waals surface area contributed by atoms with Crippen molar-refractivity contribution in [2.45, 2.75) is 160 Å². The van der Waals surface area contributed by atoms with Crippen LogP contribution in [0.1, 0.15) is 108 Å². The van der Waals surface area contributed by atoms with Gasteiger partial charge in [0.2, 0.25) is 59.1 Å². The van der Waals surface area contributed by atoms with Crippen LogP contribution in [-0.2, 0) is 87.9 Å². The molecule has 101 heavy (non-hydrogen) atoms. The number of aromatic nitrogens is 1. The van der Waals surface area contributed by atoms with E-state index in [-0.39, 0.29) is 37.1 Å². The molecule has 1 aliphatic rings. The number of esters is 1. The van der Waals surface area contributed by atoms with Gasteiger partial charge in [-0.1, -0.05) is 51.1 Å². The van der Waals surface area contributed by atoms with Crippen molar-refractivity contribution < 1.29 is 107 Å². The molecular formula is C64H89BN14O22. The molecule has 0 radical (unpaired) electrons. The minimum absolute atomic E-state index is 0.00255. The average molecular weight is 1420 g/mol. The molecule has 550 valence electrons. The first-order chi connectivity index (χ1) is 47.5. The van der Waals surface area contributed by atoms with Crippen molar-refractivity contribution in [2.24, 2.45) is 35.1 Å². The maximum Gasteiger partial charge on any atom is 0.373 e. The summed E-state index contributed by atoms with van der Waals surface area (Å²) in [7, 11) is -1.05. The van der Waals surface area contributed by atoms with Crippen molar-refractivity contribution in [2.75, 3.05) is 32.0 Å². The number of nitrogen functional groups attached to an aromatic ring is 1. The number of ketones is 4. The number of rotatable bonds is 25. The van der Waals surface area contributed by atoms with E-state index in [1.165, 1.54) is 58.8 Å². The van der Waals surface area contributed by atoms with E-state index in [9.17, 15) is 102 Å². The number of nitrogens with two attached hydrogens (primary N) is 3. The molecule has 4 rings (SSSR count). The van der Waals surface area contributed by atoms with Gasteiger partial charge in [0.05, 0.1) is 50.7 Å². The van der Waals surface area contributed by atoms with Gasteiger partial charge in [-0.2, -0.15) is 0 Å². The lowest BCUT2D eigenvalue weighted by molar-refractivity contribution is -0.156. The molecule has 10 amide bonds. The molecule has 2 aromatic carbocycles. The van der Waals surface area contributed by atoms with Crippen LogP contribution in [-0.4, -0.2) is 213 Å². The number of carbonyl (C=O) groups excluding carboxylic acids is 15. The van der Waals surface area contributed by atoms with E-state index in [4.69, 9.17) is 21.9 Å². The topological polar surface area (TPSA) is 594 Å². The van der Waals surface area contributed by atoms with Crippen LogP contribution < -0.4 is 70.3 Å². The number of para-hydroxylation sites is 2. The van der Waals surface area contributed by atoms with E-state index < -0.39 is 250 Å². The Morgan fingerprint density at radius 2 is 1.31 bits per heavy atom. The lowest BCUT2D eigenvalue weighted by atomic mass is 9.84. The SMILES string of the molecule is CB(O)NCCC[C@@H]1NC(=O)CNC(=O)[C@@H](NC(=O)[C@H](C)CC(=O)[C@@H](CC(N)=O)NC(=O)[C@@H](N)Cc2c[nH]c3ccccc23)[C@@H](C)OC(=O)[C@H](CC(=O)c2ccccc2N)NC(=O)[C@H]([C@H](C)CC(=O)O)CC(=O)[C@@H](CO)NC(=O)CNC(=O)[C@H](C)NC(=O)[C@@H](C)CC(=O)[C@H](CC(=O)O)NC1=O. The van der Waals surface area contributed by atoms with Gasteiger partial charge in [-0.3, -0.25) is 76.7 Å². The number of benzene rings is 2. The number of aliphatic hydroxyl groups is 1. The number of nitrogens with one attached hydrogen (secondary N) is 11. The van der Waals surface area contributed by atoms with Gasteiger partial charge in [-0.05, 0) is 76.2 Å². The number of amides is 10. The smallest absolute Gasteiger partial charge is 0.373 e. The molecule has 3 aromatic rings. The molecule has 0 saturated carbocycles. The Morgan fingerprint density at radius 3 is 1.93 bits per heavy atom. The Kier molecular flexibility index (Phi) is 32.8. The monoisotopic (exact) mass is 1420 g/mol. The Bertz CT molecular complexity index is 3570. The van der Waals surface area contributed by atoms with Crippen molar-refractivity contribution in [1.29, 1.82) is 0 Å². The molecule has 1 saturated heterocycles. The molecule has 0 aliphatic carbocycles. The summed E-state index contributed by atoms with van der Waals surface area (Å²) in [6, 6.07) is -1.43. The average Bonchev–Trinajstić information content (AvgIpc) is 1.79. The van der Waals surface area contributed by atoms with Crippen LogP contribution in [0.5, 0.6) is 0 Å². The number of carbonyl (C=O) groups is 17. The largest absolute Gasteiger partial charge is 0.481 e. The van der Waals surface area contributed by atoms with Gasteiger partial charge in [-0.25, -0.2) is 4.79 Å². The van der Waals surface area contributed by atoms with Gasteiger partial charge >= 0.3 is 25.0 Å². The highest BCUT2D eigenvalue weighted by Gasteiger charge is 2.40. The zero-order valence-electron chi connectivity index (χ0n) is 56.5. The molecule has 37 heteroatoms. The number of H-pyrrole nitrogens is 1. The highest BCUT2D eigenvalue weighted by molar-refractivity contribution is 6.45. The van der Waals surface area contributed by atoms with Crippen LogP contribution in [0.4, 0.5) is 5.69 Å². The van der Waals surface area contributed by atoms with E-state index in [0.717, 1.165) is 17.8 Å². The third-order valence-electron chi connectivity index (χ3n) is 16.4. The normalized spacial score (nSPS) is 22.8. The standard InChI is InChI=1S/C64H89BN14O22/c1-30(20-54(88)89)38-22-50(84)46(29-80)75-53(87)27-70-59(94)33(4)73-57(92)31(2)18-49(83)44(25-55(90)91)77-62(97)42(16-11-17-72-65(6)100)74-52(86)28-71-63(98)56(34(5)101-64(99)45(78-60(38)95)23-47(81)37-13-7-9-14-39(37)66)79-58(93)32(3)19-48(82)43(24-51(68)85)76-61(96)40(67)21-35-26-69-41-15-10-8-12-36(35)41/h7-10,12-15,26,30-34,38,40,42-46,56,69,72,80,100H,11,16-25,27-29,66-67H2,1-6H3,(H2,68,85)(H,70,94)(H,71,98)(H,73,92)(H,74,86)(H,75,87)(H,76,96)(H,77,97)(H,78,95)(H,79,93)(H,88,89)(H,90,91)/t30-,31+,32-,33+,34-,38+,40+,42+,43-,44+,45+,46-,56+/m1/s1. The molecule has 21 N–H and O–H groups in total. The molecule has 13 atom stereocenters. The van der Waals surface area contributed by atoms with E-state index in [0.29, 0.717) is 5.56 Å². The number of carboxylic acid groups (broad SMARTS) is 2. The molecular weight excluding hydrogens is 1330 g/mol. The first-order valence-electron chi connectivity index (χ1n) is 32.4. The molecule has 1 aliphatic heterocycles. The Morgan fingerprint density at radius 1 is 0.693 bits per heavy atom. The lowest BCUT2D eigenvalue weighted by Crippen LogP contribution is -2.58. The van der Waals surface area contributed by atoms with Gasteiger partial charge in [0.25, 0.3) is 0 Å². The molecule has 2 heterocycles. The number of aliphatic carboxylic acids is 2. The summed E-state index contributed by atoms with van der Waals surface area (Å²) in [6.07, 6.45) is -6.80. The third-order valence-corrected chi connectivity index (χ3v) is 16.4. The summed E-state index contributed by atoms with van der Waals surface area (Å²) in [4.78, 5) is 235. The van der Waals surface area contributed by atoms with Gasteiger partial charge in [-0.15, -0.1) is 0 Å². The number of ether oxygens (including phenoxy) is 1. The lowest BCUT2D eigenvalue weighted by Gasteiger charge is -2.29. The van der Waals surface area contributed by atoms with Gasteiger partial charge < -0.3 is 100 Å². The fraction of sp³-hybridized carbons (Fsp3) is 0.516. The number of carboxylic acids is 2. The second kappa shape index (κ2) is 39.9. The number of aliphatic hydroxyl groups excluding tert-OH is 1. The number of fused-ring (bicyclic) bond motifs is 1. The highest BCUT2D eigenvalue weighted by atomic mass is 16.5. The van der Waals surface area contributed by atoms with Gasteiger partial charge in [0.1, 0.15) is 36.3 Å².